The van der Waals surface area contributed by atoms with Gasteiger partial charge in [-0.25, -0.2) is 4.68 Å². The number of aromatic nitrogens is 2. The fourth-order valence-electron chi connectivity index (χ4n) is 2.65. The van der Waals surface area contributed by atoms with Gasteiger partial charge in [-0.05, 0) is 5.56 Å². The Balaban J connectivity index is 2.07. The maximum Gasteiger partial charge on any atom is 0.410 e. The summed E-state index contributed by atoms with van der Waals surface area (Å²) < 4.78 is 40.7. The van der Waals surface area contributed by atoms with Crippen LogP contribution >= 0.6 is 0 Å². The molecule has 5 nitrogen and oxygen atoms in total. The molecule has 0 aliphatic carbocycles. The van der Waals surface area contributed by atoms with Crippen molar-refractivity contribution < 1.29 is 18.0 Å². The lowest BCUT2D eigenvalue weighted by Gasteiger charge is -2.33. The summed E-state index contributed by atoms with van der Waals surface area (Å²) in [6.07, 6.45) is -3.61. The fraction of sp³-hybridized carbons (Fsp3) is 0.286. The van der Waals surface area contributed by atoms with E-state index in [1.807, 2.05) is 0 Å². The van der Waals surface area contributed by atoms with Gasteiger partial charge in [0.05, 0.1) is 12.2 Å². The molecule has 1 aliphatic rings. The van der Waals surface area contributed by atoms with Crippen molar-refractivity contribution in [1.29, 1.82) is 0 Å². The smallest absolute Gasteiger partial charge is 0.365 e. The zero-order chi connectivity index (χ0) is 15.9. The predicted molar refractivity (Wildman–Crippen MR) is 73.3 cm³/mol. The van der Waals surface area contributed by atoms with E-state index < -0.39 is 24.2 Å². The summed E-state index contributed by atoms with van der Waals surface area (Å²) in [5.74, 6) is -0.807. The van der Waals surface area contributed by atoms with Crippen molar-refractivity contribution in [3.63, 3.8) is 0 Å². The van der Waals surface area contributed by atoms with Crippen LogP contribution in [0.2, 0.25) is 0 Å². The molecular weight excluding hydrogens is 297 g/mol. The van der Waals surface area contributed by atoms with Gasteiger partial charge in [0.15, 0.2) is 6.04 Å². The summed E-state index contributed by atoms with van der Waals surface area (Å²) >= 11 is 0. The van der Waals surface area contributed by atoms with Gasteiger partial charge in [0.25, 0.3) is 5.91 Å². The van der Waals surface area contributed by atoms with Crippen molar-refractivity contribution in [3.05, 3.63) is 47.7 Å². The van der Waals surface area contributed by atoms with Crippen molar-refractivity contribution in [2.45, 2.75) is 24.7 Å². The van der Waals surface area contributed by atoms with E-state index in [4.69, 9.17) is 5.73 Å². The molecule has 0 spiro atoms. The molecule has 3 N–H and O–H groups in total. The second-order valence-electron chi connectivity index (χ2n) is 5.12. The Morgan fingerprint density at radius 3 is 2.59 bits per heavy atom. The number of nitrogens with zero attached hydrogens (tertiary/aromatic N) is 2. The molecule has 0 bridgehead atoms. The van der Waals surface area contributed by atoms with Crippen LogP contribution in [0.4, 0.5) is 19.0 Å². The van der Waals surface area contributed by atoms with E-state index in [0.29, 0.717) is 5.56 Å². The molecule has 1 aromatic carbocycles. The molecule has 0 unspecified atom stereocenters. The topological polar surface area (TPSA) is 72.9 Å². The summed E-state index contributed by atoms with van der Waals surface area (Å²) in [5, 5.41) is 6.63. The van der Waals surface area contributed by atoms with Crippen LogP contribution in [-0.2, 0) is 0 Å². The number of alkyl halides is 3. The van der Waals surface area contributed by atoms with Crippen LogP contribution in [0.25, 0.3) is 0 Å². The third-order valence-corrected chi connectivity index (χ3v) is 3.71. The van der Waals surface area contributed by atoms with Crippen molar-refractivity contribution >= 4 is 11.7 Å². The zero-order valence-corrected chi connectivity index (χ0v) is 11.3. The number of halogens is 3. The largest absolute Gasteiger partial charge is 0.410 e. The van der Waals surface area contributed by atoms with Gasteiger partial charge >= 0.3 is 6.18 Å². The molecule has 0 saturated heterocycles. The third kappa shape index (κ3) is 2.40. The molecule has 116 valence electrons. The maximum absolute atomic E-state index is 13.3. The van der Waals surface area contributed by atoms with Crippen LogP contribution in [0.5, 0.6) is 0 Å². The van der Waals surface area contributed by atoms with E-state index in [9.17, 15) is 18.0 Å². The van der Waals surface area contributed by atoms with Gasteiger partial charge < -0.3 is 11.1 Å². The van der Waals surface area contributed by atoms with Gasteiger partial charge in [-0.1, -0.05) is 30.3 Å². The van der Waals surface area contributed by atoms with Crippen LogP contribution < -0.4 is 11.1 Å². The summed E-state index contributed by atoms with van der Waals surface area (Å²) in [5.41, 5.74) is 5.87. The summed E-state index contributed by atoms with van der Waals surface area (Å²) in [7, 11) is 0. The van der Waals surface area contributed by atoms with E-state index in [2.05, 4.69) is 10.4 Å². The first-order valence-corrected chi connectivity index (χ1v) is 6.63. The first-order chi connectivity index (χ1) is 10.4. The Bertz CT molecular complexity index is 696. The maximum atomic E-state index is 13.3. The summed E-state index contributed by atoms with van der Waals surface area (Å²) in [4.78, 5) is 11.4. The summed E-state index contributed by atoms with van der Waals surface area (Å²) in [6.45, 7) is 0. The quantitative estimate of drug-likeness (QED) is 0.895. The number of carbonyl (C=O) groups excluding carboxylic acids is 1. The summed E-state index contributed by atoms with van der Waals surface area (Å²) in [6, 6.07) is 6.38. The normalized spacial score (nSPS) is 21.0. The lowest BCUT2D eigenvalue weighted by Crippen LogP contribution is -2.36. The molecule has 2 aromatic rings. The van der Waals surface area contributed by atoms with Gasteiger partial charge in [0, 0.05) is 6.42 Å². The van der Waals surface area contributed by atoms with E-state index in [-0.39, 0.29) is 17.8 Å². The average molecular weight is 310 g/mol. The van der Waals surface area contributed by atoms with Gasteiger partial charge in [-0.15, -0.1) is 0 Å². The monoisotopic (exact) mass is 310 g/mol. The Morgan fingerprint density at radius 1 is 1.32 bits per heavy atom. The molecule has 22 heavy (non-hydrogen) atoms. The number of primary amides is 1. The number of hydrogen-bond acceptors (Lipinski definition) is 3. The van der Waals surface area contributed by atoms with E-state index in [1.165, 1.54) is 0 Å². The Hall–Kier alpha value is -2.51. The predicted octanol–water partition coefficient (Wildman–Crippen LogP) is 2.64. The highest BCUT2D eigenvalue weighted by atomic mass is 19.4. The molecule has 1 aliphatic heterocycles. The highest BCUT2D eigenvalue weighted by Crippen LogP contribution is 2.44. The SMILES string of the molecule is NC(=O)c1cnn2c1N[C@H](c1ccccc1)C[C@@H]2C(F)(F)F. The van der Waals surface area contributed by atoms with Crippen LogP contribution in [0, 0.1) is 0 Å². The van der Waals surface area contributed by atoms with E-state index >= 15 is 0 Å². The third-order valence-electron chi connectivity index (χ3n) is 3.71. The van der Waals surface area contributed by atoms with Gasteiger partial charge in [0.1, 0.15) is 11.4 Å². The highest BCUT2D eigenvalue weighted by molar-refractivity contribution is 5.97. The van der Waals surface area contributed by atoms with Crippen LogP contribution in [0.15, 0.2) is 36.5 Å². The second-order valence-corrected chi connectivity index (χ2v) is 5.12. The first kappa shape index (κ1) is 14.4. The molecule has 0 radical (unpaired) electrons. The second kappa shape index (κ2) is 5.04. The van der Waals surface area contributed by atoms with Crippen molar-refractivity contribution in [3.8, 4) is 0 Å². The van der Waals surface area contributed by atoms with Crippen molar-refractivity contribution in [2.75, 3.05) is 5.32 Å². The standard InChI is InChI=1S/C14H13F3N4O/c15-14(16,17)11-6-10(8-4-2-1-3-5-8)20-13-9(12(18)22)7-19-21(11)13/h1-5,7,10-11,20H,6H2,(H2,18,22)/t10-,11+/m0/s1. The van der Waals surface area contributed by atoms with E-state index in [1.54, 1.807) is 30.3 Å². The number of nitrogens with two attached hydrogens (primary N) is 1. The molecule has 2 heterocycles. The molecule has 1 amide bonds. The number of nitrogens with one attached hydrogen (secondary N) is 1. The Labute approximate surface area is 123 Å². The molecule has 1 aromatic heterocycles. The molecule has 0 fully saturated rings. The number of rotatable bonds is 2. The number of carbonyl (C=O) groups is 1. The zero-order valence-electron chi connectivity index (χ0n) is 11.3. The van der Waals surface area contributed by atoms with Gasteiger partial charge in [0.2, 0.25) is 0 Å². The minimum atomic E-state index is -4.47. The van der Waals surface area contributed by atoms with Crippen LogP contribution in [0.1, 0.15) is 34.4 Å². The molecule has 3 rings (SSSR count). The lowest BCUT2D eigenvalue weighted by molar-refractivity contribution is -0.173. The minimum absolute atomic E-state index is 0.00919. The number of fused-ring (bicyclic) bond motifs is 1. The number of benzene rings is 1. The van der Waals surface area contributed by atoms with E-state index in [0.717, 1.165) is 10.9 Å². The number of hydrogen-bond donors (Lipinski definition) is 2. The average Bonchev–Trinajstić information content (AvgIpc) is 2.90. The van der Waals surface area contributed by atoms with Crippen molar-refractivity contribution in [1.82, 2.24) is 9.78 Å². The molecular formula is C14H13F3N4O. The minimum Gasteiger partial charge on any atom is -0.365 e. The lowest BCUT2D eigenvalue weighted by atomic mass is 9.96. The highest BCUT2D eigenvalue weighted by Gasteiger charge is 2.47. The van der Waals surface area contributed by atoms with Crippen LogP contribution in [-0.4, -0.2) is 21.9 Å². The number of amides is 1. The Morgan fingerprint density at radius 2 is 2.00 bits per heavy atom. The first-order valence-electron chi connectivity index (χ1n) is 6.63. The van der Waals surface area contributed by atoms with Crippen LogP contribution in [0.3, 0.4) is 0 Å². The molecule has 2 atom stereocenters. The fourth-order valence-corrected chi connectivity index (χ4v) is 2.65. The van der Waals surface area contributed by atoms with Crippen molar-refractivity contribution in [2.24, 2.45) is 5.73 Å². The number of anilines is 1. The molecule has 8 heteroatoms. The van der Waals surface area contributed by atoms with Gasteiger partial charge in [-0.3, -0.25) is 4.79 Å². The van der Waals surface area contributed by atoms with Gasteiger partial charge in [-0.2, -0.15) is 18.3 Å². The molecule has 0 saturated carbocycles. The Kier molecular flexibility index (Phi) is 3.31.